The Morgan fingerprint density at radius 1 is 0.410 bits per heavy atom. The Bertz CT molecular complexity index is 2680. The number of carbonyl (C=O) groups is 13. The van der Waals surface area contributed by atoms with Crippen LogP contribution in [0.5, 0.6) is 0 Å². The van der Waals surface area contributed by atoms with Crippen LogP contribution in [0.15, 0.2) is 0 Å². The monoisotopic (exact) mass is 1420 g/mol. The van der Waals surface area contributed by atoms with E-state index >= 15 is 0 Å². The van der Waals surface area contributed by atoms with Crippen LogP contribution < -0.4 is 26.6 Å². The maximum Gasteiger partial charge on any atom is 0.306 e. The zero-order valence-electron chi connectivity index (χ0n) is 62.2. The Morgan fingerprint density at radius 3 is 1.21 bits per heavy atom. The molecule has 0 spiro atoms. The lowest BCUT2D eigenvalue weighted by molar-refractivity contribution is -0.208. The van der Waals surface area contributed by atoms with Gasteiger partial charge < -0.3 is 74.4 Å². The Kier molecular flexibility index (Phi) is 39.8. The third kappa shape index (κ3) is 29.8. The average Bonchev–Trinajstić information content (AvgIpc) is 0.790. The van der Waals surface area contributed by atoms with Crippen LogP contribution in [0.25, 0.3) is 0 Å². The normalized spacial score (nSPS) is 27.8. The van der Waals surface area contributed by atoms with Crippen LogP contribution in [0.4, 0.5) is 0 Å². The van der Waals surface area contributed by atoms with E-state index in [9.17, 15) is 67.4 Å². The maximum atomic E-state index is 14.2. The van der Waals surface area contributed by atoms with E-state index in [1.165, 1.54) is 55.4 Å². The Hall–Kier alpha value is -6.61. The zero-order valence-corrected chi connectivity index (χ0v) is 62.2. The summed E-state index contributed by atoms with van der Waals surface area (Å²) in [7, 11) is 0. The van der Waals surface area contributed by atoms with Gasteiger partial charge in [-0.2, -0.15) is 0 Å². The molecule has 3 saturated carbocycles. The standard InChI is InChI=1S/C73H121N5O22/c1-16-55-42(4)44(6)64(76-47(9)80)71(68(55)98-51(13)84)94-36-25-20-30-61(88)74-33-23-18-28-54(73(91)92)39-60(87)59(78-63(90)32-22-27-35-93-66-46(8)56(17-2)67(97-50(12)83)69(99-52(14)85)57(66)38-41(3)79)29-19-24-34-75-62(89)31-21-26-37-95-72-65(77-48(10)81)45(7)43(5)58(40-96-49(11)82)70(72)100-53(15)86/h42-46,54-59,64-72H,16-40H2,1-15H3,(H,74,88)(H,75,89)(H,76,80)(H,77,81)(H,78,90)(H,91,92). The summed E-state index contributed by atoms with van der Waals surface area (Å²) in [6.07, 6.45) is 0.771. The highest BCUT2D eigenvalue weighted by Gasteiger charge is 2.54. The van der Waals surface area contributed by atoms with Crippen LogP contribution >= 0.6 is 0 Å². The highest BCUT2D eigenvalue weighted by molar-refractivity contribution is 5.91. The van der Waals surface area contributed by atoms with Crippen molar-refractivity contribution in [3.63, 3.8) is 0 Å². The molecule has 0 bridgehead atoms. The molecule has 27 nitrogen and oxygen atoms in total. The van der Waals surface area contributed by atoms with Crippen molar-refractivity contribution in [2.75, 3.05) is 39.5 Å². The highest BCUT2D eigenvalue weighted by atomic mass is 16.6. The largest absolute Gasteiger partial charge is 0.481 e. The molecule has 3 aliphatic carbocycles. The van der Waals surface area contributed by atoms with Crippen molar-refractivity contribution in [2.45, 2.75) is 287 Å². The van der Waals surface area contributed by atoms with E-state index in [0.717, 1.165) is 6.42 Å². The minimum atomic E-state index is -1.18. The van der Waals surface area contributed by atoms with Gasteiger partial charge in [-0.3, -0.25) is 57.5 Å². The number of carboxylic acid groups (broad SMARTS) is 1. The summed E-state index contributed by atoms with van der Waals surface area (Å²) in [5.41, 5.74) is 0. The van der Waals surface area contributed by atoms with Gasteiger partial charge in [0, 0.05) is 137 Å². The van der Waals surface area contributed by atoms with Gasteiger partial charge in [-0.1, -0.05) is 54.9 Å². The van der Waals surface area contributed by atoms with Crippen LogP contribution in [-0.2, 0) is 100 Å². The molecule has 100 heavy (non-hydrogen) atoms. The van der Waals surface area contributed by atoms with Gasteiger partial charge in [-0.15, -0.1) is 0 Å². The maximum absolute atomic E-state index is 14.2. The summed E-state index contributed by atoms with van der Waals surface area (Å²) < 4.78 is 47.6. The number of rotatable bonds is 45. The lowest BCUT2D eigenvalue weighted by atomic mass is 9.66. The van der Waals surface area contributed by atoms with Crippen LogP contribution in [0.2, 0.25) is 0 Å². The lowest BCUT2D eigenvalue weighted by Gasteiger charge is -2.49. The van der Waals surface area contributed by atoms with Crippen LogP contribution in [-0.4, -0.2) is 182 Å². The molecule has 0 aromatic carbocycles. The third-order valence-corrected chi connectivity index (χ3v) is 20.4. The van der Waals surface area contributed by atoms with Crippen molar-refractivity contribution in [1.29, 1.82) is 0 Å². The van der Waals surface area contributed by atoms with Crippen LogP contribution in [0, 0.1) is 59.2 Å². The predicted molar refractivity (Wildman–Crippen MR) is 367 cm³/mol. The molecule has 0 aromatic heterocycles. The average molecular weight is 1420 g/mol. The lowest BCUT2D eigenvalue weighted by Crippen LogP contribution is -2.63. The molecule has 0 aromatic rings. The van der Waals surface area contributed by atoms with Crippen molar-refractivity contribution >= 4 is 76.9 Å². The van der Waals surface area contributed by atoms with Crippen molar-refractivity contribution < 1.29 is 105 Å². The smallest absolute Gasteiger partial charge is 0.306 e. The van der Waals surface area contributed by atoms with Crippen molar-refractivity contribution in [3.05, 3.63) is 0 Å². The molecule has 3 rings (SSSR count). The molecule has 6 N–H and O–H groups in total. The van der Waals surface area contributed by atoms with E-state index in [2.05, 4.69) is 40.4 Å². The highest BCUT2D eigenvalue weighted by Crippen LogP contribution is 2.44. The van der Waals surface area contributed by atoms with Gasteiger partial charge in [0.15, 0.2) is 5.78 Å². The molecule has 0 saturated heterocycles. The number of ether oxygens (including phenoxy) is 8. The number of amides is 5. The molecule has 3 fully saturated rings. The van der Waals surface area contributed by atoms with Gasteiger partial charge in [0.05, 0.1) is 36.8 Å². The van der Waals surface area contributed by atoms with Crippen molar-refractivity contribution in [3.8, 4) is 0 Å². The van der Waals surface area contributed by atoms with Crippen LogP contribution in [0.1, 0.15) is 226 Å². The molecule has 570 valence electrons. The van der Waals surface area contributed by atoms with Gasteiger partial charge in [0.1, 0.15) is 42.4 Å². The number of hydrogen-bond acceptors (Lipinski definition) is 21. The number of esters is 5. The van der Waals surface area contributed by atoms with Gasteiger partial charge in [0.2, 0.25) is 29.5 Å². The van der Waals surface area contributed by atoms with E-state index in [4.69, 9.17) is 37.9 Å². The Labute approximate surface area is 592 Å². The molecule has 20 unspecified atom stereocenters. The summed E-state index contributed by atoms with van der Waals surface area (Å²) >= 11 is 0. The minimum absolute atomic E-state index is 0.00494. The molecule has 20 atom stereocenters. The topological polar surface area (TPSA) is 376 Å². The number of aliphatic carboxylic acids is 1. The fraction of sp³-hybridized carbons (Fsp3) is 0.822. The SMILES string of the molecule is CCC1C(C)C(OCCCCC(=O)NC(CCCCNC(=O)CCCCOC2C(NC(C)=O)C(C)C(C)C(COC(C)=O)C2OC(C)=O)C(=O)CC(CCCCNC(=O)CCCCOC2C(NC(C)=O)C(C)C(C)C(CC)C2OC(C)=O)C(=O)O)C(CC(C)=O)C(OC(C)=O)C1OC(C)=O. The van der Waals surface area contributed by atoms with E-state index in [0.29, 0.717) is 70.6 Å². The molecule has 0 heterocycles. The summed E-state index contributed by atoms with van der Waals surface area (Å²) in [4.78, 5) is 165. The summed E-state index contributed by atoms with van der Waals surface area (Å²) in [6, 6.07) is -1.95. The summed E-state index contributed by atoms with van der Waals surface area (Å²) in [5.74, 6) is -8.48. The number of Topliss-reactive ketones (excluding diaryl/α,β-unsaturated/α-hetero) is 2. The Morgan fingerprint density at radius 2 is 0.800 bits per heavy atom. The molecular formula is C73H121N5O22. The second kappa shape index (κ2) is 45.4. The minimum Gasteiger partial charge on any atom is -0.481 e. The first-order valence-corrected chi connectivity index (χ1v) is 36.5. The van der Waals surface area contributed by atoms with E-state index < -0.39 is 120 Å². The van der Waals surface area contributed by atoms with E-state index in [-0.39, 0.29) is 161 Å². The molecular weight excluding hydrogens is 1300 g/mol. The Balaban J connectivity index is 1.63. The third-order valence-electron chi connectivity index (χ3n) is 20.4. The molecule has 0 radical (unpaired) electrons. The fourth-order valence-electron chi connectivity index (χ4n) is 15.0. The first kappa shape index (κ1) is 87.6. The van der Waals surface area contributed by atoms with Crippen molar-refractivity contribution in [1.82, 2.24) is 26.6 Å². The van der Waals surface area contributed by atoms with Gasteiger partial charge in [0.25, 0.3) is 0 Å². The van der Waals surface area contributed by atoms with E-state index in [1.807, 2.05) is 34.6 Å². The first-order chi connectivity index (χ1) is 47.2. The summed E-state index contributed by atoms with van der Waals surface area (Å²) in [6.45, 7) is 25.8. The first-order valence-electron chi connectivity index (χ1n) is 36.5. The second-order valence-electron chi connectivity index (χ2n) is 28.1. The molecule has 0 aliphatic heterocycles. The van der Waals surface area contributed by atoms with Gasteiger partial charge in [-0.25, -0.2) is 0 Å². The zero-order chi connectivity index (χ0) is 74.9. The number of carbonyl (C=O) groups excluding carboxylic acids is 12. The number of ketones is 2. The molecule has 5 amide bonds. The van der Waals surface area contributed by atoms with Crippen molar-refractivity contribution in [2.24, 2.45) is 59.2 Å². The van der Waals surface area contributed by atoms with E-state index in [1.54, 1.807) is 0 Å². The number of nitrogens with one attached hydrogen (secondary N) is 5. The second-order valence-corrected chi connectivity index (χ2v) is 28.1. The van der Waals surface area contributed by atoms with Gasteiger partial charge >= 0.3 is 35.8 Å². The number of carboxylic acids is 1. The quantitative estimate of drug-likeness (QED) is 0.0200. The molecule has 3 aliphatic rings. The number of hydrogen-bond donors (Lipinski definition) is 6. The predicted octanol–water partition coefficient (Wildman–Crippen LogP) is 7.16. The van der Waals surface area contributed by atoms with Gasteiger partial charge in [-0.05, 0) is 120 Å². The van der Waals surface area contributed by atoms with Crippen LogP contribution in [0.3, 0.4) is 0 Å². The number of unbranched alkanes of at least 4 members (excludes halogenated alkanes) is 5. The molecule has 27 heteroatoms. The summed E-state index contributed by atoms with van der Waals surface area (Å²) in [5, 5.41) is 24.9. The fourth-order valence-corrected chi connectivity index (χ4v) is 15.0.